The summed E-state index contributed by atoms with van der Waals surface area (Å²) >= 11 is 0. The van der Waals surface area contributed by atoms with Crippen molar-refractivity contribution in [3.05, 3.63) is 0 Å². The maximum absolute atomic E-state index is 13.0. The largest absolute Gasteiger partial charge is 0.472 e. The summed E-state index contributed by atoms with van der Waals surface area (Å²) in [5.41, 5.74) is 0. The lowest BCUT2D eigenvalue weighted by molar-refractivity contribution is -0.161. The molecule has 0 amide bonds. The van der Waals surface area contributed by atoms with Gasteiger partial charge < -0.3 is 33.8 Å². The van der Waals surface area contributed by atoms with Crippen molar-refractivity contribution in [2.45, 2.75) is 362 Å². The molecule has 0 aromatic rings. The van der Waals surface area contributed by atoms with Gasteiger partial charge in [0.15, 0.2) is 12.2 Å². The smallest absolute Gasteiger partial charge is 0.462 e. The molecule has 0 spiro atoms. The summed E-state index contributed by atoms with van der Waals surface area (Å²) in [4.78, 5) is 72.3. The Morgan fingerprint density at radius 3 is 0.782 bits per heavy atom. The van der Waals surface area contributed by atoms with E-state index in [0.717, 1.165) is 102 Å². The lowest BCUT2D eigenvalue weighted by Gasteiger charge is -2.21. The third-order valence-electron chi connectivity index (χ3n) is 15.7. The molecule has 0 aromatic carbocycles. The maximum atomic E-state index is 13.0. The number of ether oxygens (including phenoxy) is 4. The minimum atomic E-state index is -4.95. The van der Waals surface area contributed by atoms with Crippen LogP contribution in [0.2, 0.25) is 0 Å². The summed E-state index contributed by atoms with van der Waals surface area (Å²) in [6, 6.07) is 0. The van der Waals surface area contributed by atoms with Crippen molar-refractivity contribution >= 4 is 39.5 Å². The zero-order chi connectivity index (χ0) is 64.3. The molecular weight excluding hydrogens is 1150 g/mol. The monoisotopic (exact) mass is 1280 g/mol. The maximum Gasteiger partial charge on any atom is 0.472 e. The second kappa shape index (κ2) is 60.3. The van der Waals surface area contributed by atoms with Crippen LogP contribution in [-0.4, -0.2) is 96.7 Å². The Labute approximate surface area is 530 Å². The van der Waals surface area contributed by atoms with Crippen molar-refractivity contribution in [1.82, 2.24) is 0 Å². The molecule has 0 saturated heterocycles. The molecule has 0 rings (SSSR count). The summed E-state index contributed by atoms with van der Waals surface area (Å²) in [6.45, 7) is 9.46. The van der Waals surface area contributed by atoms with Gasteiger partial charge in [-0.3, -0.25) is 37.3 Å². The van der Waals surface area contributed by atoms with E-state index in [1.807, 2.05) is 0 Å². The molecule has 0 aliphatic heterocycles. The van der Waals surface area contributed by atoms with Gasteiger partial charge in [-0.25, -0.2) is 9.13 Å². The van der Waals surface area contributed by atoms with E-state index in [2.05, 4.69) is 41.5 Å². The lowest BCUT2D eigenvalue weighted by Crippen LogP contribution is -2.30. The van der Waals surface area contributed by atoms with E-state index in [-0.39, 0.29) is 25.7 Å². The van der Waals surface area contributed by atoms with Crippen molar-refractivity contribution in [1.29, 1.82) is 0 Å². The van der Waals surface area contributed by atoms with Crippen LogP contribution in [0.1, 0.15) is 343 Å². The SMILES string of the molecule is CCCCCCCCCCCCCC(=O)OC[C@H](COP(=O)(O)OC[C@@H](O)COP(=O)(O)OC[C@@H](COC(=O)CCCCCCCCC(C)C)OC(=O)CCCCCCCCCCCC)OC(=O)CCCCCCCCCCCCCCCCC(C)C. The van der Waals surface area contributed by atoms with Crippen LogP contribution < -0.4 is 0 Å². The Hall–Kier alpha value is -1.94. The number of rotatable bonds is 67. The van der Waals surface area contributed by atoms with Gasteiger partial charge >= 0.3 is 39.5 Å². The van der Waals surface area contributed by atoms with Crippen LogP contribution in [0.25, 0.3) is 0 Å². The second-order valence-corrected chi connectivity index (χ2v) is 28.4. The zero-order valence-electron chi connectivity index (χ0n) is 56.3. The van der Waals surface area contributed by atoms with Gasteiger partial charge in [-0.2, -0.15) is 0 Å². The summed E-state index contributed by atoms with van der Waals surface area (Å²) < 4.78 is 68.1. The molecule has 0 aliphatic carbocycles. The minimum Gasteiger partial charge on any atom is -0.462 e. The highest BCUT2D eigenvalue weighted by molar-refractivity contribution is 7.47. The molecule has 0 radical (unpaired) electrons. The Morgan fingerprint density at radius 1 is 0.310 bits per heavy atom. The number of aliphatic hydroxyl groups excluding tert-OH is 1. The molecule has 5 atom stereocenters. The van der Waals surface area contributed by atoms with Gasteiger partial charge in [0, 0.05) is 25.7 Å². The molecular formula is C68H132O17P2. The average molecular weight is 1280 g/mol. The third kappa shape index (κ3) is 62.6. The van der Waals surface area contributed by atoms with E-state index in [0.29, 0.717) is 31.6 Å². The summed E-state index contributed by atoms with van der Waals surface area (Å²) in [5.74, 6) is -0.653. The van der Waals surface area contributed by atoms with Crippen molar-refractivity contribution in [2.24, 2.45) is 11.8 Å². The average Bonchev–Trinajstić information content (AvgIpc) is 3.69. The molecule has 19 heteroatoms. The molecule has 3 N–H and O–H groups in total. The number of aliphatic hydroxyl groups is 1. The number of hydrogen-bond acceptors (Lipinski definition) is 15. The molecule has 2 unspecified atom stereocenters. The fraction of sp³-hybridized carbons (Fsp3) is 0.941. The second-order valence-electron chi connectivity index (χ2n) is 25.5. The number of carbonyl (C=O) groups is 4. The Bertz CT molecular complexity index is 1700. The van der Waals surface area contributed by atoms with Gasteiger partial charge in [-0.1, -0.05) is 292 Å². The number of phosphoric acid groups is 2. The van der Waals surface area contributed by atoms with Crippen molar-refractivity contribution in [3.63, 3.8) is 0 Å². The molecule has 0 aromatic heterocycles. The van der Waals surface area contributed by atoms with Gasteiger partial charge in [0.1, 0.15) is 19.3 Å². The highest BCUT2D eigenvalue weighted by Gasteiger charge is 2.30. The number of phosphoric ester groups is 2. The highest BCUT2D eigenvalue weighted by atomic mass is 31.2. The Morgan fingerprint density at radius 2 is 0.529 bits per heavy atom. The van der Waals surface area contributed by atoms with Gasteiger partial charge in [0.05, 0.1) is 26.4 Å². The van der Waals surface area contributed by atoms with Gasteiger partial charge in [0.2, 0.25) is 0 Å². The lowest BCUT2D eigenvalue weighted by atomic mass is 10.0. The van der Waals surface area contributed by atoms with Crippen LogP contribution in [0.5, 0.6) is 0 Å². The molecule has 0 aliphatic rings. The fourth-order valence-corrected chi connectivity index (χ4v) is 11.8. The van der Waals surface area contributed by atoms with Crippen molar-refractivity contribution in [2.75, 3.05) is 39.6 Å². The van der Waals surface area contributed by atoms with Crippen LogP contribution in [0.3, 0.4) is 0 Å². The number of carbonyl (C=O) groups excluding carboxylic acids is 4. The first-order chi connectivity index (χ1) is 41.9. The fourth-order valence-electron chi connectivity index (χ4n) is 10.2. The van der Waals surface area contributed by atoms with Gasteiger partial charge in [0.25, 0.3) is 0 Å². The normalized spacial score (nSPS) is 14.2. The van der Waals surface area contributed by atoms with Crippen LogP contribution >= 0.6 is 15.6 Å². The number of hydrogen-bond donors (Lipinski definition) is 3. The van der Waals surface area contributed by atoms with Crippen LogP contribution in [-0.2, 0) is 65.4 Å². The first-order valence-electron chi connectivity index (χ1n) is 35.5. The molecule has 17 nitrogen and oxygen atoms in total. The highest BCUT2D eigenvalue weighted by Crippen LogP contribution is 2.45. The quantitative estimate of drug-likeness (QED) is 0.0222. The first kappa shape index (κ1) is 85.1. The van der Waals surface area contributed by atoms with E-state index < -0.39 is 97.5 Å². The summed E-state index contributed by atoms with van der Waals surface area (Å²) in [7, 11) is -9.89. The van der Waals surface area contributed by atoms with E-state index in [4.69, 9.17) is 37.0 Å². The Balaban J connectivity index is 5.21. The zero-order valence-corrected chi connectivity index (χ0v) is 58.1. The van der Waals surface area contributed by atoms with Gasteiger partial charge in [-0.05, 0) is 37.5 Å². The van der Waals surface area contributed by atoms with Gasteiger partial charge in [-0.15, -0.1) is 0 Å². The molecule has 0 bridgehead atoms. The van der Waals surface area contributed by atoms with E-state index >= 15 is 0 Å². The van der Waals surface area contributed by atoms with Crippen LogP contribution in [0.15, 0.2) is 0 Å². The molecule has 0 saturated carbocycles. The molecule has 516 valence electrons. The summed E-state index contributed by atoms with van der Waals surface area (Å²) in [5, 5.41) is 10.6. The molecule has 0 fully saturated rings. The van der Waals surface area contributed by atoms with E-state index in [1.165, 1.54) is 154 Å². The molecule has 0 heterocycles. The van der Waals surface area contributed by atoms with Crippen molar-refractivity contribution < 1.29 is 80.2 Å². The Kier molecular flexibility index (Phi) is 59.0. The van der Waals surface area contributed by atoms with E-state index in [1.54, 1.807) is 0 Å². The predicted octanol–water partition coefficient (Wildman–Crippen LogP) is 19.2. The number of esters is 4. The van der Waals surface area contributed by atoms with Crippen molar-refractivity contribution in [3.8, 4) is 0 Å². The third-order valence-corrected chi connectivity index (χ3v) is 17.6. The summed E-state index contributed by atoms with van der Waals surface area (Å²) in [6.07, 6.45) is 44.5. The van der Waals surface area contributed by atoms with Crippen LogP contribution in [0, 0.1) is 11.8 Å². The van der Waals surface area contributed by atoms with Crippen LogP contribution in [0.4, 0.5) is 0 Å². The van der Waals surface area contributed by atoms with E-state index in [9.17, 15) is 43.2 Å². The predicted molar refractivity (Wildman–Crippen MR) is 349 cm³/mol. The molecule has 87 heavy (non-hydrogen) atoms. The topological polar surface area (TPSA) is 237 Å². The first-order valence-corrected chi connectivity index (χ1v) is 38.5. The number of unbranched alkanes of at least 4 members (excludes halogenated alkanes) is 37. The minimum absolute atomic E-state index is 0.105. The standard InChI is InChI=1S/C68H132O17P2/c1-7-9-11-13-15-17-23-28-31-38-44-50-65(70)78-56-63(84-68(73)53-47-41-33-29-25-22-20-19-21-24-26-30-36-42-48-60(3)4)58-82-86(74,75)80-54-62(69)55-81-87(76,77)83-59-64(57-79-66(71)51-45-39-35-34-37-43-49-61(5)6)85-67(72)52-46-40-32-27-18-16-14-12-10-8-2/h60-64,69H,7-59H2,1-6H3,(H,74,75)(H,76,77)/t62-,63-,64-/m1/s1.